The molecular weight excluding hydrogens is 460 g/mol. The molecule has 0 spiro atoms. The number of nitrogens with one attached hydrogen (secondary N) is 1. The maximum atomic E-state index is 13.4. The van der Waals surface area contributed by atoms with E-state index in [1.807, 2.05) is 6.07 Å². The van der Waals surface area contributed by atoms with Crippen LogP contribution in [0.2, 0.25) is 0 Å². The zero-order valence-corrected chi connectivity index (χ0v) is 16.6. The molecule has 1 heterocycles. The molecule has 0 saturated carbocycles. The number of nitriles is 1. The number of H-pyrrole nitrogens is 1. The van der Waals surface area contributed by atoms with Crippen molar-refractivity contribution in [1.29, 1.82) is 5.26 Å². The zero-order chi connectivity index (χ0) is 19.4. The van der Waals surface area contributed by atoms with Gasteiger partial charge in [-0.2, -0.15) is 5.26 Å². The fourth-order valence-corrected chi connectivity index (χ4v) is 3.32. The number of imidazole rings is 1. The van der Waals surface area contributed by atoms with Crippen LogP contribution >= 0.6 is 22.6 Å². The lowest BCUT2D eigenvalue weighted by molar-refractivity contribution is 0.324. The number of aromatic amines is 1. The van der Waals surface area contributed by atoms with Crippen LogP contribution in [-0.4, -0.2) is 23.7 Å². The molecule has 0 saturated heterocycles. The number of benzene rings is 2. The molecule has 0 aliphatic carbocycles. The van der Waals surface area contributed by atoms with Crippen LogP contribution < -0.4 is 9.47 Å². The second kappa shape index (κ2) is 8.22. The normalized spacial score (nSPS) is 11.3. The molecule has 0 unspecified atom stereocenters. The molecule has 0 aliphatic heterocycles. The van der Waals surface area contributed by atoms with E-state index in [2.05, 4.69) is 45.2 Å². The standard InChI is InChI=1S/C20H15FIN3O2/c1-3-6-27-19-15(22)8-12(9-18(19)26-2)7-13(11-23)20-24-16-5-4-14(21)10-17(16)25-20/h3-5,7-10H,1,6H2,2H3,(H,24,25)/b13-7+. The first-order chi connectivity index (χ1) is 13.0. The number of methoxy groups -OCH3 is 1. The van der Waals surface area contributed by atoms with Crippen LogP contribution in [0.25, 0.3) is 22.7 Å². The van der Waals surface area contributed by atoms with E-state index >= 15 is 0 Å². The Morgan fingerprint density at radius 3 is 2.93 bits per heavy atom. The fourth-order valence-electron chi connectivity index (χ4n) is 2.54. The Hall–Kier alpha value is -2.86. The van der Waals surface area contributed by atoms with Gasteiger partial charge in [0.1, 0.15) is 24.3 Å². The van der Waals surface area contributed by atoms with Crippen LogP contribution in [0, 0.1) is 20.7 Å². The molecule has 3 aromatic rings. The lowest BCUT2D eigenvalue weighted by atomic mass is 10.1. The van der Waals surface area contributed by atoms with Gasteiger partial charge in [0, 0.05) is 0 Å². The number of aromatic nitrogens is 2. The van der Waals surface area contributed by atoms with Gasteiger partial charge in [-0.1, -0.05) is 12.7 Å². The Kier molecular flexibility index (Phi) is 5.76. The highest BCUT2D eigenvalue weighted by atomic mass is 127. The zero-order valence-electron chi connectivity index (χ0n) is 14.4. The van der Waals surface area contributed by atoms with Crippen molar-refractivity contribution >= 4 is 45.3 Å². The van der Waals surface area contributed by atoms with Crippen molar-refractivity contribution in [1.82, 2.24) is 9.97 Å². The molecule has 0 fully saturated rings. The number of hydrogen-bond acceptors (Lipinski definition) is 4. The molecule has 5 nitrogen and oxygen atoms in total. The van der Waals surface area contributed by atoms with Crippen molar-refractivity contribution in [2.45, 2.75) is 0 Å². The lowest BCUT2D eigenvalue weighted by Gasteiger charge is -2.12. The van der Waals surface area contributed by atoms with Crippen molar-refractivity contribution in [2.75, 3.05) is 13.7 Å². The second-order valence-electron chi connectivity index (χ2n) is 5.55. The van der Waals surface area contributed by atoms with Crippen molar-refractivity contribution in [3.63, 3.8) is 0 Å². The third-order valence-corrected chi connectivity index (χ3v) is 4.53. The minimum Gasteiger partial charge on any atom is -0.493 e. The van der Waals surface area contributed by atoms with E-state index in [9.17, 15) is 9.65 Å². The molecule has 136 valence electrons. The third-order valence-electron chi connectivity index (χ3n) is 3.73. The molecular formula is C20H15FIN3O2. The van der Waals surface area contributed by atoms with E-state index in [0.717, 1.165) is 9.13 Å². The predicted molar refractivity (Wildman–Crippen MR) is 111 cm³/mol. The van der Waals surface area contributed by atoms with Gasteiger partial charge in [0.15, 0.2) is 11.5 Å². The van der Waals surface area contributed by atoms with Gasteiger partial charge in [0.05, 0.1) is 27.3 Å². The number of allylic oxidation sites excluding steroid dienone is 1. The summed E-state index contributed by atoms with van der Waals surface area (Å²) in [5.74, 6) is 1.18. The van der Waals surface area contributed by atoms with Crippen molar-refractivity contribution < 1.29 is 13.9 Å². The molecule has 1 N–H and O–H groups in total. The van der Waals surface area contributed by atoms with Crippen LogP contribution in [0.1, 0.15) is 11.4 Å². The summed E-state index contributed by atoms with van der Waals surface area (Å²) in [6.45, 7) is 4.00. The number of hydrogen-bond donors (Lipinski definition) is 1. The van der Waals surface area contributed by atoms with E-state index < -0.39 is 0 Å². The summed E-state index contributed by atoms with van der Waals surface area (Å²) in [5.41, 5.74) is 2.20. The van der Waals surface area contributed by atoms with E-state index in [1.165, 1.54) is 12.1 Å². The van der Waals surface area contributed by atoms with Gasteiger partial charge in [-0.15, -0.1) is 0 Å². The molecule has 3 rings (SSSR count). The summed E-state index contributed by atoms with van der Waals surface area (Å²) in [4.78, 5) is 7.34. The monoisotopic (exact) mass is 475 g/mol. The van der Waals surface area contributed by atoms with Crippen molar-refractivity contribution in [3.8, 4) is 17.6 Å². The molecule has 0 aliphatic rings. The van der Waals surface area contributed by atoms with Crippen molar-refractivity contribution in [2.24, 2.45) is 0 Å². The summed E-state index contributed by atoms with van der Waals surface area (Å²) >= 11 is 2.15. The van der Waals surface area contributed by atoms with Gasteiger partial charge in [0.25, 0.3) is 0 Å². The second-order valence-corrected chi connectivity index (χ2v) is 6.71. The average molecular weight is 475 g/mol. The number of rotatable bonds is 6. The summed E-state index contributed by atoms with van der Waals surface area (Å²) in [5, 5.41) is 9.57. The quantitative estimate of drug-likeness (QED) is 0.312. The van der Waals surface area contributed by atoms with Gasteiger partial charge in [-0.05, 0) is 64.6 Å². The van der Waals surface area contributed by atoms with E-state index in [4.69, 9.17) is 9.47 Å². The molecule has 0 atom stereocenters. The predicted octanol–water partition coefficient (Wildman–Crippen LogP) is 4.94. The summed E-state index contributed by atoms with van der Waals surface area (Å²) < 4.78 is 25.3. The summed E-state index contributed by atoms with van der Waals surface area (Å²) in [6.07, 6.45) is 3.34. The van der Waals surface area contributed by atoms with Gasteiger partial charge >= 0.3 is 0 Å². The molecule has 2 aromatic carbocycles. The SMILES string of the molecule is C=CCOc1c(I)cc(/C=C(\C#N)c2nc3ccc(F)cc3[nH]2)cc1OC. The van der Waals surface area contributed by atoms with E-state index in [0.29, 0.717) is 40.5 Å². The lowest BCUT2D eigenvalue weighted by Crippen LogP contribution is -1.99. The Morgan fingerprint density at radius 1 is 1.41 bits per heavy atom. The minimum absolute atomic E-state index is 0.323. The number of fused-ring (bicyclic) bond motifs is 1. The largest absolute Gasteiger partial charge is 0.493 e. The molecule has 0 bridgehead atoms. The number of halogens is 2. The Morgan fingerprint density at radius 2 is 2.22 bits per heavy atom. The van der Waals surface area contributed by atoms with E-state index in [1.54, 1.807) is 31.4 Å². The van der Waals surface area contributed by atoms with Crippen LogP contribution in [0.15, 0.2) is 43.0 Å². The Labute approximate surface area is 169 Å². The number of ether oxygens (including phenoxy) is 2. The summed E-state index contributed by atoms with van der Waals surface area (Å²) in [7, 11) is 1.55. The van der Waals surface area contributed by atoms with Crippen LogP contribution in [-0.2, 0) is 0 Å². The molecule has 27 heavy (non-hydrogen) atoms. The summed E-state index contributed by atoms with van der Waals surface area (Å²) in [6, 6.07) is 10.0. The molecule has 0 radical (unpaired) electrons. The average Bonchev–Trinajstić information content (AvgIpc) is 3.07. The maximum absolute atomic E-state index is 13.4. The minimum atomic E-state index is -0.366. The maximum Gasteiger partial charge on any atom is 0.174 e. The van der Waals surface area contributed by atoms with Crippen LogP contribution in [0.4, 0.5) is 4.39 Å². The molecule has 1 aromatic heterocycles. The van der Waals surface area contributed by atoms with Gasteiger partial charge < -0.3 is 14.5 Å². The first kappa shape index (κ1) is 18.9. The molecule has 7 heteroatoms. The molecule has 0 amide bonds. The Bertz CT molecular complexity index is 1080. The highest BCUT2D eigenvalue weighted by Gasteiger charge is 2.13. The highest BCUT2D eigenvalue weighted by molar-refractivity contribution is 14.1. The third kappa shape index (κ3) is 4.11. The number of nitrogens with zero attached hydrogens (tertiary/aromatic N) is 2. The van der Waals surface area contributed by atoms with Gasteiger partial charge in [-0.3, -0.25) is 0 Å². The fraction of sp³-hybridized carbons (Fsp3) is 0.100. The van der Waals surface area contributed by atoms with Crippen molar-refractivity contribution in [3.05, 3.63) is 63.8 Å². The Balaban J connectivity index is 2.03. The van der Waals surface area contributed by atoms with Crippen LogP contribution in [0.5, 0.6) is 11.5 Å². The van der Waals surface area contributed by atoms with E-state index in [-0.39, 0.29) is 5.82 Å². The van der Waals surface area contributed by atoms with Gasteiger partial charge in [-0.25, -0.2) is 9.37 Å². The van der Waals surface area contributed by atoms with Crippen LogP contribution in [0.3, 0.4) is 0 Å². The first-order valence-corrected chi connectivity index (χ1v) is 9.02. The first-order valence-electron chi connectivity index (χ1n) is 7.94. The smallest absolute Gasteiger partial charge is 0.174 e. The van der Waals surface area contributed by atoms with Gasteiger partial charge in [0.2, 0.25) is 0 Å². The highest BCUT2D eigenvalue weighted by Crippen LogP contribution is 2.35. The topological polar surface area (TPSA) is 70.9 Å².